The molecular weight excluding hydrogens is 452 g/mol. The molecule has 3 aromatic carbocycles. The predicted molar refractivity (Wildman–Crippen MR) is 126 cm³/mol. The lowest BCUT2D eigenvalue weighted by molar-refractivity contribution is -0.135. The Bertz CT molecular complexity index is 1630. The minimum atomic E-state index is -0.519. The normalized spacial score (nSPS) is 16.6. The van der Waals surface area contributed by atoms with Crippen molar-refractivity contribution in [2.75, 3.05) is 6.61 Å². The van der Waals surface area contributed by atoms with Crippen molar-refractivity contribution in [2.24, 2.45) is 0 Å². The highest BCUT2D eigenvalue weighted by Crippen LogP contribution is 2.47. The Labute approximate surface area is 197 Å². The summed E-state index contributed by atoms with van der Waals surface area (Å²) in [6.45, 7) is 0.229. The van der Waals surface area contributed by atoms with Gasteiger partial charge in [0.15, 0.2) is 16.9 Å². The highest BCUT2D eigenvalue weighted by molar-refractivity contribution is 5.93. The van der Waals surface area contributed by atoms with Gasteiger partial charge in [-0.3, -0.25) is 9.59 Å². The number of para-hydroxylation sites is 1. The summed E-state index contributed by atoms with van der Waals surface area (Å²) >= 11 is 0. The molecule has 35 heavy (non-hydrogen) atoms. The van der Waals surface area contributed by atoms with Crippen molar-refractivity contribution in [3.05, 3.63) is 81.5 Å². The van der Waals surface area contributed by atoms with Crippen molar-refractivity contribution in [1.82, 2.24) is 0 Å². The first-order valence-corrected chi connectivity index (χ1v) is 10.9. The lowest BCUT2D eigenvalue weighted by atomic mass is 9.83. The minimum absolute atomic E-state index is 0.00181. The molecule has 0 bridgehead atoms. The molecule has 6 rings (SSSR count). The summed E-state index contributed by atoms with van der Waals surface area (Å²) < 4.78 is 17.4. The number of fused-ring (bicyclic) bond motifs is 4. The fourth-order valence-corrected chi connectivity index (χ4v) is 4.63. The van der Waals surface area contributed by atoms with Crippen LogP contribution in [0.5, 0.6) is 28.7 Å². The van der Waals surface area contributed by atoms with Gasteiger partial charge in [-0.1, -0.05) is 18.2 Å². The molecule has 0 unspecified atom stereocenters. The smallest absolute Gasteiger partial charge is 0.312 e. The van der Waals surface area contributed by atoms with Crippen LogP contribution in [0.15, 0.2) is 69.4 Å². The lowest BCUT2D eigenvalue weighted by Gasteiger charge is -2.29. The maximum Gasteiger partial charge on any atom is 0.312 e. The van der Waals surface area contributed by atoms with Crippen molar-refractivity contribution in [3.8, 4) is 40.1 Å². The zero-order valence-corrected chi connectivity index (χ0v) is 18.1. The largest absolute Gasteiger partial charge is 0.507 e. The second kappa shape index (κ2) is 7.66. The van der Waals surface area contributed by atoms with Gasteiger partial charge in [-0.2, -0.15) is 0 Å². The summed E-state index contributed by atoms with van der Waals surface area (Å²) in [6, 6.07) is 14.0. The molecule has 8 nitrogen and oxygen atoms in total. The van der Waals surface area contributed by atoms with E-state index in [1.54, 1.807) is 0 Å². The fourth-order valence-electron chi connectivity index (χ4n) is 4.63. The van der Waals surface area contributed by atoms with Crippen molar-refractivity contribution in [2.45, 2.75) is 12.3 Å². The molecule has 0 spiro atoms. The lowest BCUT2D eigenvalue weighted by Crippen LogP contribution is -2.25. The zero-order chi connectivity index (χ0) is 24.3. The third-order valence-electron chi connectivity index (χ3n) is 6.29. The Morgan fingerprint density at radius 3 is 2.51 bits per heavy atom. The maximum atomic E-state index is 13.1. The minimum Gasteiger partial charge on any atom is -0.507 e. The van der Waals surface area contributed by atoms with Crippen LogP contribution in [0.1, 0.15) is 23.5 Å². The summed E-state index contributed by atoms with van der Waals surface area (Å²) in [5, 5.41) is 30.1. The topological polar surface area (TPSA) is 126 Å². The molecule has 3 heterocycles. The van der Waals surface area contributed by atoms with Gasteiger partial charge in [0.2, 0.25) is 0 Å². The van der Waals surface area contributed by atoms with Crippen LogP contribution in [0.25, 0.3) is 28.4 Å². The average Bonchev–Trinajstić information content (AvgIpc) is 2.84. The predicted octanol–water partition coefficient (Wildman–Crippen LogP) is 4.45. The van der Waals surface area contributed by atoms with Crippen LogP contribution in [-0.2, 0) is 4.79 Å². The first kappa shape index (κ1) is 20.9. The van der Waals surface area contributed by atoms with Gasteiger partial charge in [0.1, 0.15) is 40.6 Å². The molecule has 1 atom stereocenters. The Kier molecular flexibility index (Phi) is 4.57. The van der Waals surface area contributed by atoms with Crippen LogP contribution in [0.4, 0.5) is 0 Å². The number of hydrogen-bond acceptors (Lipinski definition) is 8. The Morgan fingerprint density at radius 1 is 0.857 bits per heavy atom. The molecule has 8 heteroatoms. The van der Waals surface area contributed by atoms with Gasteiger partial charge in [0, 0.05) is 34.7 Å². The van der Waals surface area contributed by atoms with Crippen molar-refractivity contribution in [1.29, 1.82) is 0 Å². The Hall–Kier alpha value is -4.72. The SMILES string of the molecule is O=C1C[C@@H](C2=Cc3ccccc3OC2)c2c(cc(O)c3c(=O)cc(-c4ccc(O)c(O)c4)oc23)O1. The highest BCUT2D eigenvalue weighted by atomic mass is 16.5. The van der Waals surface area contributed by atoms with Crippen LogP contribution in [-0.4, -0.2) is 27.9 Å². The first-order chi connectivity index (χ1) is 16.9. The second-order valence-corrected chi connectivity index (χ2v) is 8.47. The fraction of sp³-hybridized carbons (Fsp3) is 0.111. The number of ether oxygens (including phenoxy) is 2. The number of benzene rings is 3. The molecule has 1 aromatic heterocycles. The van der Waals surface area contributed by atoms with E-state index >= 15 is 0 Å². The van der Waals surface area contributed by atoms with Gasteiger partial charge in [-0.15, -0.1) is 0 Å². The van der Waals surface area contributed by atoms with Crippen molar-refractivity contribution in [3.63, 3.8) is 0 Å². The second-order valence-electron chi connectivity index (χ2n) is 8.47. The number of rotatable bonds is 2. The molecule has 0 saturated heterocycles. The molecule has 0 aliphatic carbocycles. The van der Waals surface area contributed by atoms with Crippen LogP contribution >= 0.6 is 0 Å². The van der Waals surface area contributed by atoms with Crippen LogP contribution in [0, 0.1) is 0 Å². The first-order valence-electron chi connectivity index (χ1n) is 10.9. The molecule has 174 valence electrons. The molecule has 0 fully saturated rings. The number of esters is 1. The van der Waals surface area contributed by atoms with Gasteiger partial charge in [-0.05, 0) is 35.9 Å². The van der Waals surface area contributed by atoms with Crippen LogP contribution < -0.4 is 14.9 Å². The van der Waals surface area contributed by atoms with E-state index in [-0.39, 0.29) is 52.8 Å². The van der Waals surface area contributed by atoms with Crippen LogP contribution in [0.2, 0.25) is 0 Å². The molecule has 0 amide bonds. The summed E-state index contributed by atoms with van der Waals surface area (Å²) in [6.07, 6.45) is 1.95. The summed E-state index contributed by atoms with van der Waals surface area (Å²) in [5.74, 6) is -1.13. The average molecular weight is 470 g/mol. The number of carbonyl (C=O) groups is 1. The number of aromatic hydroxyl groups is 3. The molecule has 0 radical (unpaired) electrons. The number of hydrogen-bond donors (Lipinski definition) is 3. The summed E-state index contributed by atoms with van der Waals surface area (Å²) in [5.41, 5.74) is 2.02. The maximum absolute atomic E-state index is 13.1. The van der Waals surface area contributed by atoms with E-state index in [0.29, 0.717) is 11.1 Å². The monoisotopic (exact) mass is 470 g/mol. The summed E-state index contributed by atoms with van der Waals surface area (Å²) in [7, 11) is 0. The van der Waals surface area contributed by atoms with E-state index in [4.69, 9.17) is 13.9 Å². The van der Waals surface area contributed by atoms with Crippen molar-refractivity contribution >= 4 is 23.0 Å². The number of phenols is 3. The van der Waals surface area contributed by atoms with Gasteiger partial charge >= 0.3 is 5.97 Å². The van der Waals surface area contributed by atoms with E-state index in [9.17, 15) is 24.9 Å². The Morgan fingerprint density at radius 2 is 1.69 bits per heavy atom. The molecule has 2 aliphatic rings. The van der Waals surface area contributed by atoms with E-state index in [1.807, 2.05) is 30.3 Å². The van der Waals surface area contributed by atoms with Gasteiger partial charge in [0.05, 0.1) is 6.42 Å². The zero-order valence-electron chi connectivity index (χ0n) is 18.1. The van der Waals surface area contributed by atoms with Gasteiger partial charge in [-0.25, -0.2) is 0 Å². The third kappa shape index (κ3) is 3.38. The van der Waals surface area contributed by atoms with E-state index in [1.165, 1.54) is 30.3 Å². The molecule has 2 aliphatic heterocycles. The highest BCUT2D eigenvalue weighted by Gasteiger charge is 2.35. The molecule has 4 aromatic rings. The van der Waals surface area contributed by atoms with Gasteiger partial charge in [0.25, 0.3) is 0 Å². The third-order valence-corrected chi connectivity index (χ3v) is 6.29. The van der Waals surface area contributed by atoms with Crippen molar-refractivity contribution < 1.29 is 34.0 Å². The van der Waals surface area contributed by atoms with Crippen LogP contribution in [0.3, 0.4) is 0 Å². The molecule has 0 saturated carbocycles. The van der Waals surface area contributed by atoms with E-state index < -0.39 is 17.3 Å². The molecular formula is C27H18O8. The quantitative estimate of drug-likeness (QED) is 0.223. The van der Waals surface area contributed by atoms with E-state index in [0.717, 1.165) is 16.9 Å². The Balaban J connectivity index is 1.60. The number of carbonyl (C=O) groups excluding carboxylic acids is 1. The molecule has 3 N–H and O–H groups in total. The van der Waals surface area contributed by atoms with E-state index in [2.05, 4.69) is 0 Å². The standard InChI is InChI=1S/C27H18O8/c28-17-6-5-14(8-18(17)29)22-10-19(30)26-20(31)11-23-25(27(26)35-22)16(9-24(32)34-23)15-7-13-3-1-2-4-21(13)33-12-15/h1-8,10-11,16,28-29,31H,9,12H2/t16-/m0/s1. The summed E-state index contributed by atoms with van der Waals surface area (Å²) in [4.78, 5) is 25.5. The van der Waals surface area contributed by atoms with Gasteiger partial charge < -0.3 is 29.2 Å². The number of phenolic OH excluding ortho intramolecular Hbond substituents is 3.